The first-order valence-corrected chi connectivity index (χ1v) is 7.82. The summed E-state index contributed by atoms with van der Waals surface area (Å²) in [5, 5.41) is 3.49. The second kappa shape index (κ2) is 9.09. The van der Waals surface area contributed by atoms with Gasteiger partial charge in [0.25, 0.3) is 0 Å². The van der Waals surface area contributed by atoms with Crippen molar-refractivity contribution in [2.75, 3.05) is 26.9 Å². The Hall–Kier alpha value is -1.02. The smallest absolute Gasteiger partial charge is 0.148 e. The molecule has 21 heavy (non-hydrogen) atoms. The van der Waals surface area contributed by atoms with Crippen LogP contribution in [-0.4, -0.2) is 26.9 Å². The van der Waals surface area contributed by atoms with Gasteiger partial charge in [0.15, 0.2) is 0 Å². The maximum Gasteiger partial charge on any atom is 0.148 e. The molecule has 1 rings (SSSR count). The van der Waals surface area contributed by atoms with Crippen molar-refractivity contribution in [1.29, 1.82) is 0 Å². The molecule has 0 saturated carbocycles. The number of benzene rings is 1. The minimum Gasteiger partial charge on any atom is -0.481 e. The molecule has 3 nitrogen and oxygen atoms in total. The molecule has 0 spiro atoms. The van der Waals surface area contributed by atoms with Crippen LogP contribution >= 0.6 is 15.9 Å². The fourth-order valence-electron chi connectivity index (χ4n) is 1.95. The Balaban J connectivity index is 2.58. The lowest BCUT2D eigenvalue weighted by Gasteiger charge is -2.25. The lowest BCUT2D eigenvalue weighted by atomic mass is 9.89. The number of hydrogen-bond donors (Lipinski definition) is 1. The molecular formula is C17H24BrNO2. The van der Waals surface area contributed by atoms with E-state index in [-0.39, 0.29) is 12.0 Å². The van der Waals surface area contributed by atoms with Gasteiger partial charge in [0.1, 0.15) is 12.4 Å². The van der Waals surface area contributed by atoms with Gasteiger partial charge in [-0.3, -0.25) is 0 Å². The van der Waals surface area contributed by atoms with E-state index in [2.05, 4.69) is 47.1 Å². The molecule has 1 aromatic carbocycles. The molecule has 0 fully saturated rings. The van der Waals surface area contributed by atoms with Crippen LogP contribution in [0.2, 0.25) is 0 Å². The largest absolute Gasteiger partial charge is 0.481 e. The van der Waals surface area contributed by atoms with E-state index in [1.165, 1.54) is 0 Å². The highest BCUT2D eigenvalue weighted by Crippen LogP contribution is 2.24. The molecule has 0 unspecified atom stereocenters. The normalized spacial score (nSPS) is 11.2. The Labute approximate surface area is 136 Å². The maximum absolute atomic E-state index is 5.57. The van der Waals surface area contributed by atoms with Crippen LogP contribution in [0.1, 0.15) is 25.8 Å². The topological polar surface area (TPSA) is 30.5 Å². The van der Waals surface area contributed by atoms with Gasteiger partial charge in [0.2, 0.25) is 0 Å². The van der Waals surface area contributed by atoms with Crippen LogP contribution < -0.4 is 10.1 Å². The van der Waals surface area contributed by atoms with E-state index in [9.17, 15) is 0 Å². The summed E-state index contributed by atoms with van der Waals surface area (Å²) in [4.78, 5) is 0. The molecule has 0 aliphatic carbocycles. The monoisotopic (exact) mass is 353 g/mol. The molecule has 0 amide bonds. The Morgan fingerprint density at radius 2 is 2.14 bits per heavy atom. The van der Waals surface area contributed by atoms with E-state index in [1.54, 1.807) is 7.11 Å². The number of rotatable bonds is 9. The van der Waals surface area contributed by atoms with Crippen LogP contribution in [0, 0.1) is 17.8 Å². The van der Waals surface area contributed by atoms with Crippen molar-refractivity contribution in [1.82, 2.24) is 5.32 Å². The first-order chi connectivity index (χ1) is 9.98. The van der Waals surface area contributed by atoms with Gasteiger partial charge in [-0.15, -0.1) is 6.42 Å². The van der Waals surface area contributed by atoms with E-state index in [0.717, 1.165) is 41.9 Å². The Morgan fingerprint density at radius 1 is 1.38 bits per heavy atom. The van der Waals surface area contributed by atoms with Gasteiger partial charge in [-0.05, 0) is 30.0 Å². The van der Waals surface area contributed by atoms with E-state index in [4.69, 9.17) is 15.9 Å². The van der Waals surface area contributed by atoms with Crippen LogP contribution in [-0.2, 0) is 11.3 Å². The summed E-state index contributed by atoms with van der Waals surface area (Å²) >= 11 is 3.49. The predicted octanol–water partition coefficient (Wildman–Crippen LogP) is 3.61. The molecular weight excluding hydrogens is 330 g/mol. The van der Waals surface area contributed by atoms with Gasteiger partial charge in [-0.2, -0.15) is 0 Å². The van der Waals surface area contributed by atoms with Crippen molar-refractivity contribution < 1.29 is 9.47 Å². The number of hydrogen-bond acceptors (Lipinski definition) is 3. The first kappa shape index (κ1) is 18.0. The molecule has 116 valence electrons. The molecule has 4 heteroatoms. The molecule has 0 aliphatic heterocycles. The second-order valence-electron chi connectivity index (χ2n) is 5.76. The summed E-state index contributed by atoms with van der Waals surface area (Å²) in [6, 6.07) is 5.95. The molecule has 1 aromatic rings. The van der Waals surface area contributed by atoms with Crippen molar-refractivity contribution in [3.8, 4) is 18.1 Å². The van der Waals surface area contributed by atoms with E-state index in [1.807, 2.05) is 12.1 Å². The van der Waals surface area contributed by atoms with Crippen molar-refractivity contribution in [2.45, 2.75) is 26.8 Å². The summed E-state index contributed by atoms with van der Waals surface area (Å²) in [5.74, 6) is 3.33. The van der Waals surface area contributed by atoms with E-state index in [0.29, 0.717) is 0 Å². The van der Waals surface area contributed by atoms with Gasteiger partial charge in [-0.25, -0.2) is 0 Å². The van der Waals surface area contributed by atoms with Gasteiger partial charge in [-0.1, -0.05) is 35.7 Å². The van der Waals surface area contributed by atoms with Crippen LogP contribution in [0.25, 0.3) is 0 Å². The summed E-state index contributed by atoms with van der Waals surface area (Å²) in [6.45, 7) is 7.19. The molecule has 0 aromatic heterocycles. The lowest BCUT2D eigenvalue weighted by molar-refractivity contribution is 0.150. The fourth-order valence-corrected chi connectivity index (χ4v) is 2.36. The maximum atomic E-state index is 5.57. The predicted molar refractivity (Wildman–Crippen MR) is 90.5 cm³/mol. The van der Waals surface area contributed by atoms with Crippen LogP contribution in [0.15, 0.2) is 22.7 Å². The Morgan fingerprint density at radius 3 is 2.81 bits per heavy atom. The Bertz CT molecular complexity index is 480. The third kappa shape index (κ3) is 6.99. The zero-order valence-corrected chi connectivity index (χ0v) is 14.6. The summed E-state index contributed by atoms with van der Waals surface area (Å²) in [7, 11) is 1.74. The van der Waals surface area contributed by atoms with Crippen molar-refractivity contribution in [2.24, 2.45) is 5.41 Å². The number of ether oxygens (including phenoxy) is 2. The lowest BCUT2D eigenvalue weighted by Crippen LogP contribution is -2.30. The molecule has 0 heterocycles. The van der Waals surface area contributed by atoms with Crippen LogP contribution in [0.5, 0.6) is 5.75 Å². The SMILES string of the molecule is C#CCOc1ccc(Br)cc1CNCC(C)(C)CCOC. The van der Waals surface area contributed by atoms with Crippen molar-refractivity contribution in [3.63, 3.8) is 0 Å². The fraction of sp³-hybridized carbons (Fsp3) is 0.529. The van der Waals surface area contributed by atoms with Gasteiger partial charge in [0.05, 0.1) is 0 Å². The molecule has 0 bridgehead atoms. The number of halogens is 1. The van der Waals surface area contributed by atoms with Crippen LogP contribution in [0.4, 0.5) is 0 Å². The average Bonchev–Trinajstić information content (AvgIpc) is 2.44. The molecule has 1 N–H and O–H groups in total. The standard InChI is InChI=1S/C17H24BrNO2/c1-5-9-21-16-7-6-15(18)11-14(16)12-19-13-17(2,3)8-10-20-4/h1,6-7,11,19H,8-10,12-13H2,2-4H3. The zero-order valence-electron chi connectivity index (χ0n) is 13.0. The average molecular weight is 354 g/mol. The zero-order chi connectivity index (χ0) is 15.7. The summed E-state index contributed by atoms with van der Waals surface area (Å²) in [5.41, 5.74) is 1.30. The van der Waals surface area contributed by atoms with Gasteiger partial charge < -0.3 is 14.8 Å². The number of nitrogens with one attached hydrogen (secondary N) is 1. The molecule has 0 aliphatic rings. The quantitative estimate of drug-likeness (QED) is 0.687. The number of methoxy groups -OCH3 is 1. The molecule has 0 saturated heterocycles. The summed E-state index contributed by atoms with van der Waals surface area (Å²) in [6.07, 6.45) is 6.27. The third-order valence-electron chi connectivity index (χ3n) is 3.24. The molecule has 0 atom stereocenters. The highest BCUT2D eigenvalue weighted by molar-refractivity contribution is 9.10. The Kier molecular flexibility index (Phi) is 7.81. The van der Waals surface area contributed by atoms with Gasteiger partial charge >= 0.3 is 0 Å². The van der Waals surface area contributed by atoms with Crippen molar-refractivity contribution >= 4 is 15.9 Å². The second-order valence-corrected chi connectivity index (χ2v) is 6.67. The third-order valence-corrected chi connectivity index (χ3v) is 3.73. The minimum atomic E-state index is 0.196. The minimum absolute atomic E-state index is 0.196. The van der Waals surface area contributed by atoms with Gasteiger partial charge in [0, 0.05) is 36.8 Å². The van der Waals surface area contributed by atoms with E-state index >= 15 is 0 Å². The first-order valence-electron chi connectivity index (χ1n) is 7.03. The van der Waals surface area contributed by atoms with E-state index < -0.39 is 0 Å². The van der Waals surface area contributed by atoms with Crippen molar-refractivity contribution in [3.05, 3.63) is 28.2 Å². The summed E-state index contributed by atoms with van der Waals surface area (Å²) < 4.78 is 11.8. The highest BCUT2D eigenvalue weighted by Gasteiger charge is 2.17. The molecule has 0 radical (unpaired) electrons. The van der Waals surface area contributed by atoms with Crippen LogP contribution in [0.3, 0.4) is 0 Å². The highest BCUT2D eigenvalue weighted by atomic mass is 79.9. The number of terminal acetylenes is 1.